The van der Waals surface area contributed by atoms with Crippen molar-refractivity contribution in [3.63, 3.8) is 0 Å². The van der Waals surface area contributed by atoms with Gasteiger partial charge in [-0.25, -0.2) is 13.5 Å². The molecule has 1 fully saturated rings. The van der Waals surface area contributed by atoms with E-state index in [-0.39, 0.29) is 60.9 Å². The number of rotatable bonds is 4. The van der Waals surface area contributed by atoms with Gasteiger partial charge in [-0.1, -0.05) is 6.07 Å². The summed E-state index contributed by atoms with van der Waals surface area (Å²) in [6.07, 6.45) is 2.58. The second kappa shape index (κ2) is 9.12. The molecule has 1 aromatic heterocycles. The highest BCUT2D eigenvalue weighted by Crippen LogP contribution is 2.42. The number of halogens is 2. The summed E-state index contributed by atoms with van der Waals surface area (Å²) >= 11 is 0. The standard InChI is InChI=1S/C26H24F2N4O3/c1-34-24-17(14-29)2-7-21(26(28)9-12-35-13-10-26)23(24)25(33)31-11-8-22-18(15-31)16-32(30-22)20-5-3-19(27)4-6-20/h2-7,16H,8-13,15H2,1H3. The van der Waals surface area contributed by atoms with E-state index in [2.05, 4.69) is 5.10 Å². The number of carbonyl (C=O) groups excluding carboxylic acids is 1. The minimum Gasteiger partial charge on any atom is -0.495 e. The van der Waals surface area contributed by atoms with E-state index in [0.717, 1.165) is 11.3 Å². The summed E-state index contributed by atoms with van der Waals surface area (Å²) in [6, 6.07) is 11.1. The molecule has 0 N–H and O–H groups in total. The Balaban J connectivity index is 1.50. The number of ether oxygens (including phenoxy) is 2. The third-order valence-corrected chi connectivity index (χ3v) is 6.70. The molecule has 35 heavy (non-hydrogen) atoms. The van der Waals surface area contributed by atoms with Crippen molar-refractivity contribution in [1.29, 1.82) is 5.26 Å². The van der Waals surface area contributed by atoms with E-state index >= 15 is 4.39 Å². The molecular weight excluding hydrogens is 454 g/mol. The van der Waals surface area contributed by atoms with E-state index < -0.39 is 11.6 Å². The number of amides is 1. The fourth-order valence-corrected chi connectivity index (χ4v) is 4.80. The van der Waals surface area contributed by atoms with Gasteiger partial charge in [-0.05, 0) is 30.3 Å². The topological polar surface area (TPSA) is 80.4 Å². The largest absolute Gasteiger partial charge is 0.495 e. The zero-order chi connectivity index (χ0) is 24.6. The minimum atomic E-state index is -1.75. The summed E-state index contributed by atoms with van der Waals surface area (Å²) in [4.78, 5) is 15.5. The molecule has 1 saturated heterocycles. The van der Waals surface area contributed by atoms with E-state index in [1.807, 2.05) is 12.3 Å². The molecule has 7 nitrogen and oxygen atoms in total. The van der Waals surface area contributed by atoms with Gasteiger partial charge in [-0.2, -0.15) is 10.4 Å². The highest BCUT2D eigenvalue weighted by atomic mass is 19.1. The molecule has 0 bridgehead atoms. The highest BCUT2D eigenvalue weighted by Gasteiger charge is 2.40. The number of methoxy groups -OCH3 is 1. The molecule has 180 valence electrons. The van der Waals surface area contributed by atoms with Crippen LogP contribution in [-0.2, 0) is 23.4 Å². The second-order valence-electron chi connectivity index (χ2n) is 8.76. The average molecular weight is 478 g/mol. The Kier molecular flexibility index (Phi) is 5.99. The van der Waals surface area contributed by atoms with Gasteiger partial charge in [0.1, 0.15) is 23.3 Å². The summed E-state index contributed by atoms with van der Waals surface area (Å²) in [5.74, 6) is -0.633. The number of alkyl halides is 1. The molecule has 0 aliphatic carbocycles. The lowest BCUT2D eigenvalue weighted by Crippen LogP contribution is -2.38. The van der Waals surface area contributed by atoms with Gasteiger partial charge < -0.3 is 14.4 Å². The average Bonchev–Trinajstić information content (AvgIpc) is 3.31. The van der Waals surface area contributed by atoms with Gasteiger partial charge in [0.2, 0.25) is 0 Å². The first-order valence-corrected chi connectivity index (χ1v) is 11.4. The Hall–Kier alpha value is -3.77. The Morgan fingerprint density at radius 3 is 2.63 bits per heavy atom. The zero-order valence-electron chi connectivity index (χ0n) is 19.3. The smallest absolute Gasteiger partial charge is 0.258 e. The number of fused-ring (bicyclic) bond motifs is 1. The Morgan fingerprint density at radius 1 is 1.20 bits per heavy atom. The maximum atomic E-state index is 16.1. The van der Waals surface area contributed by atoms with Crippen molar-refractivity contribution in [1.82, 2.24) is 14.7 Å². The summed E-state index contributed by atoms with van der Waals surface area (Å²) < 4.78 is 41.9. The van der Waals surface area contributed by atoms with E-state index in [9.17, 15) is 14.4 Å². The maximum absolute atomic E-state index is 16.1. The molecule has 0 spiro atoms. The van der Waals surface area contributed by atoms with Gasteiger partial charge in [0.05, 0.1) is 29.6 Å². The van der Waals surface area contributed by atoms with E-state index in [0.29, 0.717) is 18.7 Å². The Morgan fingerprint density at radius 2 is 1.94 bits per heavy atom. The van der Waals surface area contributed by atoms with Crippen LogP contribution in [0.3, 0.4) is 0 Å². The molecule has 0 unspecified atom stereocenters. The van der Waals surface area contributed by atoms with Crippen LogP contribution >= 0.6 is 0 Å². The van der Waals surface area contributed by atoms with Crippen molar-refractivity contribution in [2.24, 2.45) is 0 Å². The van der Waals surface area contributed by atoms with Crippen molar-refractivity contribution in [2.75, 3.05) is 26.9 Å². The van der Waals surface area contributed by atoms with E-state index in [1.165, 1.54) is 31.4 Å². The first-order chi connectivity index (χ1) is 16.9. The molecule has 2 aliphatic heterocycles. The van der Waals surface area contributed by atoms with Crippen LogP contribution < -0.4 is 4.74 Å². The molecular formula is C26H24F2N4O3. The number of hydrogen-bond donors (Lipinski definition) is 0. The summed E-state index contributed by atoms with van der Waals surface area (Å²) in [6.45, 7) is 1.16. The minimum absolute atomic E-state index is 0.0883. The number of aromatic nitrogens is 2. The van der Waals surface area contributed by atoms with Crippen LogP contribution in [0.1, 0.15) is 45.6 Å². The first-order valence-electron chi connectivity index (χ1n) is 11.4. The van der Waals surface area contributed by atoms with Gasteiger partial charge in [0, 0.05) is 62.9 Å². The van der Waals surface area contributed by atoms with Crippen LogP contribution in [0.25, 0.3) is 5.69 Å². The van der Waals surface area contributed by atoms with Crippen molar-refractivity contribution in [2.45, 2.75) is 31.5 Å². The first kappa shape index (κ1) is 23.0. The van der Waals surface area contributed by atoms with Gasteiger partial charge >= 0.3 is 0 Å². The van der Waals surface area contributed by atoms with Crippen molar-refractivity contribution in [3.05, 3.63) is 76.4 Å². The fraction of sp³-hybridized carbons (Fsp3) is 0.346. The fourth-order valence-electron chi connectivity index (χ4n) is 4.80. The molecule has 0 radical (unpaired) electrons. The lowest BCUT2D eigenvalue weighted by molar-refractivity contribution is -0.0122. The summed E-state index contributed by atoms with van der Waals surface area (Å²) in [7, 11) is 1.38. The van der Waals surface area contributed by atoms with Gasteiger partial charge in [0.25, 0.3) is 5.91 Å². The molecule has 2 aromatic carbocycles. The highest BCUT2D eigenvalue weighted by molar-refractivity contribution is 5.99. The van der Waals surface area contributed by atoms with Crippen LogP contribution in [0.15, 0.2) is 42.6 Å². The number of hydrogen-bond acceptors (Lipinski definition) is 5. The number of carbonyl (C=O) groups is 1. The number of nitriles is 1. The Bertz CT molecular complexity index is 1310. The molecule has 2 aliphatic rings. The van der Waals surface area contributed by atoms with Crippen LogP contribution in [0.2, 0.25) is 0 Å². The van der Waals surface area contributed by atoms with E-state index in [1.54, 1.807) is 21.7 Å². The van der Waals surface area contributed by atoms with E-state index in [4.69, 9.17) is 9.47 Å². The summed E-state index contributed by atoms with van der Waals surface area (Å²) in [5, 5.41) is 14.2. The monoisotopic (exact) mass is 478 g/mol. The van der Waals surface area contributed by atoms with Crippen molar-refractivity contribution < 1.29 is 23.0 Å². The third-order valence-electron chi connectivity index (χ3n) is 6.70. The quantitative estimate of drug-likeness (QED) is 0.565. The molecule has 3 heterocycles. The van der Waals surface area contributed by atoms with Crippen LogP contribution in [0, 0.1) is 17.1 Å². The zero-order valence-corrected chi connectivity index (χ0v) is 19.3. The lowest BCUT2D eigenvalue weighted by Gasteiger charge is -2.34. The van der Waals surface area contributed by atoms with Crippen molar-refractivity contribution >= 4 is 5.91 Å². The molecule has 5 rings (SSSR count). The second-order valence-corrected chi connectivity index (χ2v) is 8.76. The molecule has 9 heteroatoms. The molecule has 3 aromatic rings. The van der Waals surface area contributed by atoms with Gasteiger partial charge in [-0.15, -0.1) is 0 Å². The van der Waals surface area contributed by atoms with Crippen molar-refractivity contribution in [3.8, 4) is 17.5 Å². The number of benzene rings is 2. The van der Waals surface area contributed by atoms with Crippen LogP contribution in [0.4, 0.5) is 8.78 Å². The number of nitrogens with zero attached hydrogens (tertiary/aromatic N) is 4. The molecule has 1 amide bonds. The summed E-state index contributed by atoms with van der Waals surface area (Å²) in [5.41, 5.74) is 1.16. The maximum Gasteiger partial charge on any atom is 0.258 e. The SMILES string of the molecule is COc1c(C#N)ccc(C2(F)CCOCC2)c1C(=O)N1CCc2nn(-c3ccc(F)cc3)cc2C1. The third kappa shape index (κ3) is 4.15. The molecule has 0 atom stereocenters. The Labute approximate surface area is 201 Å². The normalized spacial score (nSPS) is 16.9. The van der Waals surface area contributed by atoms with Crippen LogP contribution in [0.5, 0.6) is 5.75 Å². The predicted molar refractivity (Wildman–Crippen MR) is 123 cm³/mol. The van der Waals surface area contributed by atoms with Crippen LogP contribution in [-0.4, -0.2) is 47.5 Å². The van der Waals surface area contributed by atoms with Gasteiger partial charge in [-0.3, -0.25) is 4.79 Å². The predicted octanol–water partition coefficient (Wildman–Crippen LogP) is 4.07. The molecule has 0 saturated carbocycles. The van der Waals surface area contributed by atoms with Gasteiger partial charge in [0.15, 0.2) is 0 Å². The lowest BCUT2D eigenvalue weighted by atomic mass is 9.83.